The lowest BCUT2D eigenvalue weighted by Gasteiger charge is -2.09. The highest BCUT2D eigenvalue weighted by Gasteiger charge is 2.01. The Bertz CT molecular complexity index is 602. The summed E-state index contributed by atoms with van der Waals surface area (Å²) in [7, 11) is 0. The summed E-state index contributed by atoms with van der Waals surface area (Å²) >= 11 is 9.47. The van der Waals surface area contributed by atoms with Gasteiger partial charge in [-0.25, -0.2) is 0 Å². The minimum absolute atomic E-state index is 0.690. The normalized spacial score (nSPS) is 9.83. The Morgan fingerprint density at radius 3 is 2.83 bits per heavy atom. The van der Waals surface area contributed by atoms with Gasteiger partial charge < -0.3 is 5.32 Å². The highest BCUT2D eigenvalue weighted by atomic mass is 79.9. The van der Waals surface area contributed by atoms with Gasteiger partial charge in [-0.3, -0.25) is 0 Å². The van der Waals surface area contributed by atoms with Crippen molar-refractivity contribution in [1.82, 2.24) is 0 Å². The lowest BCUT2D eigenvalue weighted by atomic mass is 10.2. The Morgan fingerprint density at radius 2 is 2.06 bits per heavy atom. The number of hydrogen-bond acceptors (Lipinski definition) is 1. The SMILES string of the molecule is C#Cc1cccc(NCc2cc(Cl)ccc2Br)c1. The fourth-order valence-electron chi connectivity index (χ4n) is 1.60. The lowest BCUT2D eigenvalue weighted by Crippen LogP contribution is -2.00. The molecule has 0 amide bonds. The summed E-state index contributed by atoms with van der Waals surface area (Å²) in [5, 5.41) is 4.05. The third-order valence-electron chi connectivity index (χ3n) is 2.52. The number of terminal acetylenes is 1. The van der Waals surface area contributed by atoms with Crippen LogP contribution >= 0.6 is 27.5 Å². The van der Waals surface area contributed by atoms with E-state index in [4.69, 9.17) is 18.0 Å². The number of benzene rings is 2. The van der Waals surface area contributed by atoms with Crippen molar-refractivity contribution in [3.63, 3.8) is 0 Å². The van der Waals surface area contributed by atoms with Crippen molar-refractivity contribution in [2.75, 3.05) is 5.32 Å². The van der Waals surface area contributed by atoms with Crippen molar-refractivity contribution in [3.05, 3.63) is 63.1 Å². The summed E-state index contributed by atoms with van der Waals surface area (Å²) in [4.78, 5) is 0. The molecule has 1 N–H and O–H groups in total. The van der Waals surface area contributed by atoms with Gasteiger partial charge in [0.05, 0.1) is 0 Å². The van der Waals surface area contributed by atoms with Gasteiger partial charge in [-0.05, 0) is 42.0 Å². The van der Waals surface area contributed by atoms with E-state index in [2.05, 4.69) is 27.2 Å². The molecule has 2 rings (SSSR count). The largest absolute Gasteiger partial charge is 0.381 e. The minimum Gasteiger partial charge on any atom is -0.381 e. The van der Waals surface area contributed by atoms with E-state index in [1.165, 1.54) is 0 Å². The van der Waals surface area contributed by atoms with E-state index >= 15 is 0 Å². The molecule has 18 heavy (non-hydrogen) atoms. The fraction of sp³-hybridized carbons (Fsp3) is 0.0667. The second-order valence-corrected chi connectivity index (χ2v) is 5.11. The van der Waals surface area contributed by atoms with E-state index in [1.54, 1.807) is 0 Å². The van der Waals surface area contributed by atoms with Crippen LogP contribution in [-0.4, -0.2) is 0 Å². The number of anilines is 1. The van der Waals surface area contributed by atoms with Crippen molar-refractivity contribution in [2.24, 2.45) is 0 Å². The average molecular weight is 321 g/mol. The lowest BCUT2D eigenvalue weighted by molar-refractivity contribution is 1.14. The predicted molar refractivity (Wildman–Crippen MR) is 80.9 cm³/mol. The quantitative estimate of drug-likeness (QED) is 0.809. The standard InChI is InChI=1S/C15H11BrClN/c1-2-11-4-3-5-14(8-11)18-10-12-9-13(17)6-7-15(12)16/h1,3-9,18H,10H2. The number of rotatable bonds is 3. The van der Waals surface area contributed by atoms with Crippen molar-refractivity contribution in [1.29, 1.82) is 0 Å². The Morgan fingerprint density at radius 1 is 1.22 bits per heavy atom. The molecule has 0 aliphatic carbocycles. The maximum Gasteiger partial charge on any atom is 0.0412 e. The van der Waals surface area contributed by atoms with Crippen LogP contribution in [0.3, 0.4) is 0 Å². The predicted octanol–water partition coefficient (Wildman–Crippen LogP) is 4.70. The maximum absolute atomic E-state index is 5.97. The molecule has 2 aromatic rings. The van der Waals surface area contributed by atoms with Crippen LogP contribution in [0.1, 0.15) is 11.1 Å². The molecule has 0 aromatic heterocycles. The molecule has 2 aromatic carbocycles. The van der Waals surface area contributed by atoms with E-state index < -0.39 is 0 Å². The molecule has 1 nitrogen and oxygen atoms in total. The van der Waals surface area contributed by atoms with Crippen LogP contribution < -0.4 is 5.32 Å². The molecule has 0 spiro atoms. The average Bonchev–Trinajstić information content (AvgIpc) is 2.40. The van der Waals surface area contributed by atoms with Crippen LogP contribution in [0.25, 0.3) is 0 Å². The molecule has 0 radical (unpaired) electrons. The zero-order valence-corrected chi connectivity index (χ0v) is 11.9. The molecule has 0 heterocycles. The van der Waals surface area contributed by atoms with E-state index in [9.17, 15) is 0 Å². The Balaban J connectivity index is 2.11. The second kappa shape index (κ2) is 5.95. The van der Waals surface area contributed by atoms with Gasteiger partial charge in [-0.15, -0.1) is 6.42 Å². The third-order valence-corrected chi connectivity index (χ3v) is 3.53. The monoisotopic (exact) mass is 319 g/mol. The molecule has 0 bridgehead atoms. The molecular formula is C15H11BrClN. The van der Waals surface area contributed by atoms with Crippen molar-refractivity contribution >= 4 is 33.2 Å². The first-order valence-corrected chi connectivity index (χ1v) is 6.60. The summed E-state index contributed by atoms with van der Waals surface area (Å²) in [5.41, 5.74) is 2.97. The van der Waals surface area contributed by atoms with Crippen LogP contribution in [0.2, 0.25) is 5.02 Å². The summed E-state index contributed by atoms with van der Waals surface area (Å²) < 4.78 is 1.03. The summed E-state index contributed by atoms with van der Waals surface area (Å²) in [5.74, 6) is 2.62. The molecule has 0 unspecified atom stereocenters. The first-order valence-electron chi connectivity index (χ1n) is 5.43. The molecular weight excluding hydrogens is 310 g/mol. The first kappa shape index (κ1) is 13.0. The van der Waals surface area contributed by atoms with Gasteiger partial charge in [0.2, 0.25) is 0 Å². The van der Waals surface area contributed by atoms with Crippen LogP contribution in [0.5, 0.6) is 0 Å². The third kappa shape index (κ3) is 3.29. The summed E-state index contributed by atoms with van der Waals surface area (Å²) in [6, 6.07) is 13.5. The van der Waals surface area contributed by atoms with Crippen LogP contribution in [0, 0.1) is 12.3 Å². The smallest absolute Gasteiger partial charge is 0.0412 e. The van der Waals surface area contributed by atoms with Gasteiger partial charge in [0.1, 0.15) is 0 Å². The van der Waals surface area contributed by atoms with Crippen molar-refractivity contribution in [2.45, 2.75) is 6.54 Å². The molecule has 0 saturated carbocycles. The molecule has 0 saturated heterocycles. The van der Waals surface area contributed by atoms with Gasteiger partial charge >= 0.3 is 0 Å². The topological polar surface area (TPSA) is 12.0 Å². The Hall–Kier alpha value is -1.43. The summed E-state index contributed by atoms with van der Waals surface area (Å²) in [6.07, 6.45) is 5.37. The highest BCUT2D eigenvalue weighted by Crippen LogP contribution is 2.22. The van der Waals surface area contributed by atoms with Crippen molar-refractivity contribution in [3.8, 4) is 12.3 Å². The highest BCUT2D eigenvalue weighted by molar-refractivity contribution is 9.10. The van der Waals surface area contributed by atoms with Crippen LogP contribution in [-0.2, 0) is 6.54 Å². The van der Waals surface area contributed by atoms with E-state index in [1.807, 2.05) is 42.5 Å². The Kier molecular flexibility index (Phi) is 4.30. The van der Waals surface area contributed by atoms with Gasteiger partial charge in [0.25, 0.3) is 0 Å². The number of nitrogens with one attached hydrogen (secondary N) is 1. The molecule has 90 valence electrons. The van der Waals surface area contributed by atoms with Gasteiger partial charge in [0.15, 0.2) is 0 Å². The van der Waals surface area contributed by atoms with E-state index in [-0.39, 0.29) is 0 Å². The molecule has 0 aliphatic heterocycles. The van der Waals surface area contributed by atoms with E-state index in [0.29, 0.717) is 6.54 Å². The van der Waals surface area contributed by atoms with Gasteiger partial charge in [0, 0.05) is 27.3 Å². The fourth-order valence-corrected chi connectivity index (χ4v) is 2.18. The molecule has 3 heteroatoms. The van der Waals surface area contributed by atoms with Crippen molar-refractivity contribution < 1.29 is 0 Å². The molecule has 0 fully saturated rings. The van der Waals surface area contributed by atoms with Crippen LogP contribution in [0.4, 0.5) is 5.69 Å². The second-order valence-electron chi connectivity index (χ2n) is 3.81. The maximum atomic E-state index is 5.97. The molecule has 0 aliphatic rings. The Labute approximate surface area is 120 Å². The zero-order valence-electron chi connectivity index (χ0n) is 9.58. The summed E-state index contributed by atoms with van der Waals surface area (Å²) in [6.45, 7) is 0.690. The van der Waals surface area contributed by atoms with E-state index in [0.717, 1.165) is 26.3 Å². The number of hydrogen-bond donors (Lipinski definition) is 1. The minimum atomic E-state index is 0.690. The van der Waals surface area contributed by atoms with Gasteiger partial charge in [-0.2, -0.15) is 0 Å². The first-order chi connectivity index (χ1) is 8.69. The van der Waals surface area contributed by atoms with Gasteiger partial charge in [-0.1, -0.05) is 39.5 Å². The molecule has 0 atom stereocenters. The van der Waals surface area contributed by atoms with Crippen LogP contribution in [0.15, 0.2) is 46.9 Å². The zero-order chi connectivity index (χ0) is 13.0. The number of halogens is 2.